The van der Waals surface area contributed by atoms with Crippen LogP contribution >= 0.6 is 0 Å². The Morgan fingerprint density at radius 3 is 2.27 bits per heavy atom. The van der Waals surface area contributed by atoms with E-state index in [0.29, 0.717) is 25.5 Å². The van der Waals surface area contributed by atoms with Crippen molar-refractivity contribution in [2.45, 2.75) is 89.5 Å². The summed E-state index contributed by atoms with van der Waals surface area (Å²) in [6, 6.07) is 29.3. The molecule has 1 aromatic heterocycles. The number of hydrogen-bond acceptors (Lipinski definition) is 8. The molecular weight excluding hydrogens is 843 g/mol. The summed E-state index contributed by atoms with van der Waals surface area (Å²) in [4.78, 5) is 72.1. The van der Waals surface area contributed by atoms with E-state index >= 15 is 0 Å². The monoisotopic (exact) mass is 899 g/mol. The third kappa shape index (κ3) is 7.90. The lowest BCUT2D eigenvalue weighted by Gasteiger charge is -2.36. The number of aromatic nitrogens is 2. The third-order valence-corrected chi connectivity index (χ3v) is 14.9. The van der Waals surface area contributed by atoms with Crippen molar-refractivity contribution in [1.82, 2.24) is 30.4 Å². The Morgan fingerprint density at radius 1 is 0.821 bits per heavy atom. The van der Waals surface area contributed by atoms with Crippen LogP contribution in [0.3, 0.4) is 0 Å². The van der Waals surface area contributed by atoms with E-state index in [9.17, 15) is 19.2 Å². The number of fused-ring (bicyclic) bond motifs is 7. The van der Waals surface area contributed by atoms with Crippen molar-refractivity contribution in [1.29, 1.82) is 0 Å². The summed E-state index contributed by atoms with van der Waals surface area (Å²) < 4.78 is 10.5. The molecule has 67 heavy (non-hydrogen) atoms. The molecule has 2 aliphatic carbocycles. The average Bonchev–Trinajstić information content (AvgIpc) is 4.10. The van der Waals surface area contributed by atoms with Crippen LogP contribution < -0.4 is 10.6 Å². The highest BCUT2D eigenvalue weighted by Crippen LogP contribution is 2.54. The summed E-state index contributed by atoms with van der Waals surface area (Å²) >= 11 is 0. The van der Waals surface area contributed by atoms with Crippen LogP contribution in [0.5, 0.6) is 0 Å². The zero-order valence-corrected chi connectivity index (χ0v) is 38.7. The zero-order valence-electron chi connectivity index (χ0n) is 38.7. The molecule has 11 rings (SSSR count). The zero-order chi connectivity index (χ0) is 46.3. The van der Waals surface area contributed by atoms with Gasteiger partial charge in [0.1, 0.15) is 17.9 Å². The Kier molecular flexibility index (Phi) is 10.7. The second-order valence-electron chi connectivity index (χ2n) is 20.5. The normalized spacial score (nSPS) is 22.9. The van der Waals surface area contributed by atoms with Crippen LogP contribution in [0.25, 0.3) is 43.7 Å². The highest BCUT2D eigenvalue weighted by atomic mass is 16.5. The molecule has 3 N–H and O–H groups in total. The van der Waals surface area contributed by atoms with E-state index < -0.39 is 23.6 Å². The van der Waals surface area contributed by atoms with Crippen molar-refractivity contribution in [2.24, 2.45) is 28.2 Å². The van der Waals surface area contributed by atoms with Crippen molar-refractivity contribution in [2.75, 3.05) is 27.4 Å². The smallest absolute Gasteiger partial charge is 0.407 e. The van der Waals surface area contributed by atoms with Gasteiger partial charge < -0.3 is 34.9 Å². The van der Waals surface area contributed by atoms with Crippen LogP contribution in [0.15, 0.2) is 96.0 Å². The minimum atomic E-state index is -0.768. The predicted molar refractivity (Wildman–Crippen MR) is 258 cm³/mol. The van der Waals surface area contributed by atoms with E-state index in [2.05, 4.69) is 76.3 Å². The van der Waals surface area contributed by atoms with Crippen LogP contribution in [-0.2, 0) is 30.3 Å². The number of aromatic amines is 1. The van der Waals surface area contributed by atoms with Crippen molar-refractivity contribution < 1.29 is 28.7 Å². The lowest BCUT2D eigenvalue weighted by Crippen LogP contribution is -2.55. The number of piperidine rings is 1. The van der Waals surface area contributed by atoms with Crippen molar-refractivity contribution in [3.63, 3.8) is 0 Å². The molecule has 13 nitrogen and oxygen atoms in total. The minimum absolute atomic E-state index is 0.0205. The molecule has 0 spiro atoms. The van der Waals surface area contributed by atoms with Crippen LogP contribution in [0.1, 0.15) is 81.9 Å². The van der Waals surface area contributed by atoms with Gasteiger partial charge in [0.25, 0.3) is 0 Å². The second kappa shape index (κ2) is 16.6. The fraction of sp³-hybridized carbons (Fsp3) is 0.407. The first-order valence-corrected chi connectivity index (χ1v) is 23.7. The molecule has 13 heteroatoms. The fourth-order valence-corrected chi connectivity index (χ4v) is 11.1. The molecule has 344 valence electrons. The number of rotatable bonds is 11. The number of benzene rings is 5. The SMILES string of the molecule is COC[C@H]1C[C@@H](C2=Nc3ccc4cc(-c5ccc6c(ccc7[nH]c([C@@H]8C[C@H]9C[C@H]9N8C(=O)[C@@H](NC(=O)OC)C(C)(C)C)nc76)c5)ccc4c3C2)N(C(=O)[C@H](NC(=O)C2CC2)c2ccccc2)C1. The van der Waals surface area contributed by atoms with Gasteiger partial charge in [-0.25, -0.2) is 9.78 Å². The molecule has 0 radical (unpaired) electrons. The Morgan fingerprint density at radius 2 is 1.55 bits per heavy atom. The minimum Gasteiger partial charge on any atom is -0.453 e. The van der Waals surface area contributed by atoms with Gasteiger partial charge in [0.05, 0.1) is 42.5 Å². The third-order valence-electron chi connectivity index (χ3n) is 14.9. The summed E-state index contributed by atoms with van der Waals surface area (Å²) in [6.45, 7) is 6.93. The van der Waals surface area contributed by atoms with E-state index in [1.54, 1.807) is 7.11 Å². The van der Waals surface area contributed by atoms with Crippen molar-refractivity contribution in [3.05, 3.63) is 108 Å². The Balaban J connectivity index is 0.840. The number of carbonyl (C=O) groups is 4. The van der Waals surface area contributed by atoms with Gasteiger partial charge in [-0.1, -0.05) is 87.5 Å². The van der Waals surface area contributed by atoms with Gasteiger partial charge in [-0.05, 0) is 106 Å². The standard InChI is InChI=1S/C54H57N7O6/c1-54(2,3)48(59-53(65)67-5)52(64)61-43-24-36(43)25-45(61)49-56-41-20-16-35-23-33(14-18-38(35)47(41)57-49)32-13-17-37-34(22-32)15-19-40-39(37)26-42(55-40)44-21-29(28-66-4)27-60(44)51(63)46(30-9-7-6-8-10-30)58-50(62)31-11-12-31/h6-10,13-20,22-23,29,31,36,43-46,48H,11-12,21,24-28H2,1-5H3,(H,56,57)(H,58,62)(H,59,65)/t29-,36+,43+,44-,45-,46+,48+/m0/s1. The largest absolute Gasteiger partial charge is 0.453 e. The Hall–Kier alpha value is -6.60. The Labute approximate surface area is 389 Å². The number of nitrogens with one attached hydrogen (secondary N) is 3. The molecule has 5 aromatic carbocycles. The van der Waals surface area contributed by atoms with Gasteiger partial charge in [-0.3, -0.25) is 19.4 Å². The number of likely N-dealkylation sites (tertiary alicyclic amines) is 2. The molecule has 0 unspecified atom stereocenters. The Bertz CT molecular complexity index is 3010. The first-order valence-electron chi connectivity index (χ1n) is 23.7. The summed E-state index contributed by atoms with van der Waals surface area (Å²) in [5, 5.41) is 10.3. The fourth-order valence-electron chi connectivity index (χ4n) is 11.1. The summed E-state index contributed by atoms with van der Waals surface area (Å²) in [5.74, 6) is 1.05. The molecule has 4 heterocycles. The van der Waals surface area contributed by atoms with E-state index in [1.807, 2.05) is 60.9 Å². The van der Waals surface area contributed by atoms with Crippen molar-refractivity contribution >= 4 is 67.8 Å². The summed E-state index contributed by atoms with van der Waals surface area (Å²) in [6.07, 6.45) is 4.28. The molecule has 7 atom stereocenters. The number of ether oxygens (including phenoxy) is 2. The maximum atomic E-state index is 14.6. The van der Waals surface area contributed by atoms with Gasteiger partial charge >= 0.3 is 6.09 Å². The molecule has 5 aliphatic rings. The van der Waals surface area contributed by atoms with E-state index in [1.165, 1.54) is 7.11 Å². The quantitative estimate of drug-likeness (QED) is 0.117. The van der Waals surface area contributed by atoms with Gasteiger partial charge in [0, 0.05) is 49.1 Å². The van der Waals surface area contributed by atoms with Crippen LogP contribution in [0, 0.1) is 23.2 Å². The van der Waals surface area contributed by atoms with E-state index in [0.717, 1.165) is 104 Å². The van der Waals surface area contributed by atoms with Crippen LogP contribution in [0.2, 0.25) is 0 Å². The van der Waals surface area contributed by atoms with E-state index in [4.69, 9.17) is 19.5 Å². The molecule has 4 amide bonds. The molecule has 2 saturated heterocycles. The maximum absolute atomic E-state index is 14.6. The lowest BCUT2D eigenvalue weighted by molar-refractivity contribution is -0.138. The maximum Gasteiger partial charge on any atom is 0.407 e. The highest BCUT2D eigenvalue weighted by Gasteiger charge is 2.57. The lowest BCUT2D eigenvalue weighted by atomic mass is 9.85. The first-order chi connectivity index (χ1) is 32.4. The van der Waals surface area contributed by atoms with Crippen LogP contribution in [-0.4, -0.2) is 94.8 Å². The number of H-pyrrole nitrogens is 1. The van der Waals surface area contributed by atoms with Gasteiger partial charge in [-0.15, -0.1) is 0 Å². The first kappa shape index (κ1) is 43.0. The van der Waals surface area contributed by atoms with Crippen LogP contribution in [0.4, 0.5) is 10.5 Å². The highest BCUT2D eigenvalue weighted by molar-refractivity contribution is 6.08. The number of alkyl carbamates (subject to hydrolysis) is 1. The molecular formula is C54H57N7O6. The predicted octanol–water partition coefficient (Wildman–Crippen LogP) is 8.73. The topological polar surface area (TPSA) is 158 Å². The molecule has 2 saturated carbocycles. The summed E-state index contributed by atoms with van der Waals surface area (Å²) in [7, 11) is 3.01. The molecule has 6 aromatic rings. The second-order valence-corrected chi connectivity index (χ2v) is 20.5. The number of hydrogen-bond donors (Lipinski definition) is 3. The molecule has 0 bridgehead atoms. The van der Waals surface area contributed by atoms with E-state index in [-0.39, 0.29) is 47.7 Å². The number of nitrogens with zero attached hydrogens (tertiary/aromatic N) is 4. The number of aliphatic imine (C=N–C) groups is 1. The van der Waals surface area contributed by atoms with Crippen molar-refractivity contribution in [3.8, 4) is 11.1 Å². The average molecular weight is 900 g/mol. The molecule has 4 fully saturated rings. The van der Waals surface area contributed by atoms with Gasteiger partial charge in [0.15, 0.2) is 0 Å². The number of methoxy groups -OCH3 is 2. The summed E-state index contributed by atoms with van der Waals surface area (Å²) in [5.41, 5.74) is 7.29. The van der Waals surface area contributed by atoms with Gasteiger partial charge in [0.2, 0.25) is 17.7 Å². The number of imidazole rings is 1. The number of carbonyl (C=O) groups excluding carboxylic acids is 4. The van der Waals surface area contributed by atoms with Gasteiger partial charge in [-0.2, -0.15) is 0 Å². The number of amides is 4. The molecule has 3 aliphatic heterocycles.